The van der Waals surface area contributed by atoms with Crippen LogP contribution in [0.15, 0.2) is 0 Å². The first-order valence-electron chi connectivity index (χ1n) is 3.38. The van der Waals surface area contributed by atoms with Gasteiger partial charge in [-0.15, -0.1) is 0 Å². The van der Waals surface area contributed by atoms with Gasteiger partial charge in [0.1, 0.15) is 0 Å². The van der Waals surface area contributed by atoms with E-state index in [0.29, 0.717) is 0 Å². The van der Waals surface area contributed by atoms with E-state index in [4.69, 9.17) is 0 Å². The zero-order valence-electron chi connectivity index (χ0n) is 6.24. The Bertz CT molecular complexity index is 179. The number of rotatable bonds is 3. The van der Waals surface area contributed by atoms with Crippen molar-refractivity contribution in [1.82, 2.24) is 0 Å². The molecular weight excluding hydrogens is 182 g/mol. The largest absolute Gasteiger partial charge is 0.487 e. The molecule has 1 aliphatic rings. The fourth-order valence-electron chi connectivity index (χ4n) is 1.33. The number of methoxy groups -OCH3 is 1. The van der Waals surface area contributed by atoms with Crippen molar-refractivity contribution in [2.24, 2.45) is 5.92 Å². The quantitative estimate of drug-likeness (QED) is 0.487. The van der Waals surface area contributed by atoms with E-state index in [1.807, 2.05) is 0 Å². The average molecular weight is 189 g/mol. The molecule has 12 heavy (non-hydrogen) atoms. The van der Waals surface area contributed by atoms with Crippen molar-refractivity contribution in [3.63, 3.8) is 0 Å². The summed E-state index contributed by atoms with van der Waals surface area (Å²) >= 11 is 0. The second kappa shape index (κ2) is 2.58. The van der Waals surface area contributed by atoms with E-state index in [1.54, 1.807) is 0 Å². The van der Waals surface area contributed by atoms with E-state index in [9.17, 15) is 21.7 Å². The van der Waals surface area contributed by atoms with Gasteiger partial charge in [0, 0.05) is 18.8 Å². The molecule has 0 N–H and O–H groups in total. The Labute approximate surface area is 65.9 Å². The highest BCUT2D eigenvalue weighted by Gasteiger charge is 2.73. The van der Waals surface area contributed by atoms with Crippen LogP contribution in [0.3, 0.4) is 0 Å². The summed E-state index contributed by atoms with van der Waals surface area (Å²) in [5.74, 6) is -7.71. The Morgan fingerprint density at radius 1 is 1.33 bits per heavy atom. The van der Waals surface area contributed by atoms with Crippen LogP contribution in [0.25, 0.3) is 0 Å². The van der Waals surface area contributed by atoms with Crippen LogP contribution in [0.4, 0.5) is 21.7 Å². The van der Waals surface area contributed by atoms with Crippen molar-refractivity contribution >= 4 is 6.98 Å². The molecule has 1 aliphatic carbocycles. The lowest BCUT2D eigenvalue weighted by molar-refractivity contribution is 0.0692. The number of hydrogen-bond donors (Lipinski definition) is 0. The highest BCUT2D eigenvalue weighted by molar-refractivity contribution is 6.61. The molecule has 0 amide bonds. The zero-order chi connectivity index (χ0) is 9.57. The van der Waals surface area contributed by atoms with Gasteiger partial charge in [0.05, 0.1) is 6.61 Å². The smallest absolute Gasteiger partial charge is 0.449 e. The highest BCUT2D eigenvalue weighted by Crippen LogP contribution is 2.65. The van der Waals surface area contributed by atoms with Gasteiger partial charge in [0.2, 0.25) is 5.92 Å². The molecule has 1 fully saturated rings. The molecule has 0 aromatic rings. The third-order valence-electron chi connectivity index (χ3n) is 2.02. The van der Waals surface area contributed by atoms with Gasteiger partial charge in [0.15, 0.2) is 0 Å². The lowest BCUT2D eigenvalue weighted by Crippen LogP contribution is -2.18. The Kier molecular flexibility index (Phi) is 2.10. The van der Waals surface area contributed by atoms with Crippen LogP contribution in [0.5, 0.6) is 0 Å². The minimum Gasteiger partial charge on any atom is -0.449 e. The first-order chi connectivity index (χ1) is 5.31. The molecule has 0 aromatic carbocycles. The van der Waals surface area contributed by atoms with E-state index in [1.165, 1.54) is 0 Å². The molecule has 7 heteroatoms. The molecule has 2 atom stereocenters. The van der Waals surface area contributed by atoms with Crippen molar-refractivity contribution in [3.05, 3.63) is 0 Å². The maximum atomic E-state index is 12.4. The van der Waals surface area contributed by atoms with Crippen LogP contribution in [0.2, 0.25) is 5.82 Å². The Morgan fingerprint density at radius 2 is 1.83 bits per heavy atom. The van der Waals surface area contributed by atoms with Crippen LogP contribution < -0.4 is 0 Å². The minimum atomic E-state index is -5.43. The summed E-state index contributed by atoms with van der Waals surface area (Å²) in [5.41, 5.74) is 0. The lowest BCUT2D eigenvalue weighted by atomic mass is 9.81. The number of hydrogen-bond acceptors (Lipinski definition) is 1. The van der Waals surface area contributed by atoms with E-state index in [0.717, 1.165) is 7.11 Å². The second-order valence-corrected chi connectivity index (χ2v) is 2.89. The average Bonchev–Trinajstić information content (AvgIpc) is 2.33. The standard InChI is InChI=1S/C5H7BF5O/c1-12-2-3-4(5(3,7)8)6(9,10)11/h3-4H,2H2,1H3/q-1/t3-,4-/m1/s1. The molecule has 0 spiro atoms. The van der Waals surface area contributed by atoms with Gasteiger partial charge >= 0.3 is 6.98 Å². The number of alkyl halides is 2. The van der Waals surface area contributed by atoms with Gasteiger partial charge in [-0.3, -0.25) is 0 Å². The summed E-state index contributed by atoms with van der Waals surface area (Å²) in [7, 11) is 1.11. The Morgan fingerprint density at radius 3 is 2.08 bits per heavy atom. The summed E-state index contributed by atoms with van der Waals surface area (Å²) in [6.07, 6.45) is 0. The molecule has 0 aliphatic heterocycles. The zero-order valence-corrected chi connectivity index (χ0v) is 6.24. The van der Waals surface area contributed by atoms with E-state index < -0.39 is 31.2 Å². The monoisotopic (exact) mass is 189 g/mol. The van der Waals surface area contributed by atoms with Crippen LogP contribution >= 0.6 is 0 Å². The van der Waals surface area contributed by atoms with Crippen molar-refractivity contribution in [2.75, 3.05) is 13.7 Å². The summed E-state index contributed by atoms with van der Waals surface area (Å²) in [6.45, 7) is -5.96. The fourth-order valence-corrected chi connectivity index (χ4v) is 1.33. The van der Waals surface area contributed by atoms with Crippen LogP contribution in [0.1, 0.15) is 0 Å². The van der Waals surface area contributed by atoms with E-state index in [-0.39, 0.29) is 0 Å². The van der Waals surface area contributed by atoms with Gasteiger partial charge < -0.3 is 17.7 Å². The van der Waals surface area contributed by atoms with Crippen molar-refractivity contribution in [1.29, 1.82) is 0 Å². The van der Waals surface area contributed by atoms with Gasteiger partial charge in [-0.25, -0.2) is 8.78 Å². The van der Waals surface area contributed by atoms with Gasteiger partial charge in [-0.2, -0.15) is 0 Å². The topological polar surface area (TPSA) is 9.23 Å². The molecular formula is C5H7BF5O-. The molecule has 0 radical (unpaired) electrons. The lowest BCUT2D eigenvalue weighted by Gasteiger charge is -2.11. The van der Waals surface area contributed by atoms with E-state index in [2.05, 4.69) is 4.74 Å². The number of ether oxygens (including phenoxy) is 1. The van der Waals surface area contributed by atoms with Crippen molar-refractivity contribution < 1.29 is 26.5 Å². The van der Waals surface area contributed by atoms with E-state index >= 15 is 0 Å². The molecule has 0 saturated heterocycles. The van der Waals surface area contributed by atoms with Gasteiger partial charge in [-0.1, -0.05) is 0 Å². The normalized spacial score (nSPS) is 33.5. The van der Waals surface area contributed by atoms with Crippen LogP contribution in [0, 0.1) is 5.92 Å². The number of halogens is 5. The molecule has 1 saturated carbocycles. The molecule has 1 nitrogen and oxygen atoms in total. The Hall–Kier alpha value is -0.325. The first kappa shape index (κ1) is 9.76. The minimum absolute atomic E-state index is 0.529. The van der Waals surface area contributed by atoms with Crippen molar-refractivity contribution in [3.8, 4) is 0 Å². The Balaban J connectivity index is 2.60. The molecule has 0 heterocycles. The molecule has 72 valence electrons. The predicted molar refractivity (Wildman–Crippen MR) is 33.1 cm³/mol. The summed E-state index contributed by atoms with van der Waals surface area (Å²) in [5, 5.41) is 0. The molecule has 1 rings (SSSR count). The summed E-state index contributed by atoms with van der Waals surface area (Å²) in [4.78, 5) is 0. The molecule has 0 unspecified atom stereocenters. The fraction of sp³-hybridized carbons (Fsp3) is 1.00. The SMILES string of the molecule is COC[C@@H]1[C@@H]([B-](F)(F)F)C1(F)F. The molecule has 0 bridgehead atoms. The maximum Gasteiger partial charge on any atom is 0.487 e. The van der Waals surface area contributed by atoms with Crippen molar-refractivity contribution in [2.45, 2.75) is 11.7 Å². The second-order valence-electron chi connectivity index (χ2n) is 2.89. The van der Waals surface area contributed by atoms with Gasteiger partial charge in [0.25, 0.3) is 0 Å². The predicted octanol–water partition coefficient (Wildman–Crippen LogP) is 2.12. The van der Waals surface area contributed by atoms with Crippen LogP contribution in [-0.4, -0.2) is 26.6 Å². The molecule has 0 aromatic heterocycles. The van der Waals surface area contributed by atoms with Crippen LogP contribution in [-0.2, 0) is 4.74 Å². The summed E-state index contributed by atoms with van der Waals surface area (Å²) in [6, 6.07) is 0. The third-order valence-corrected chi connectivity index (χ3v) is 2.02. The maximum absolute atomic E-state index is 12.4. The first-order valence-corrected chi connectivity index (χ1v) is 3.38. The third kappa shape index (κ3) is 1.42. The van der Waals surface area contributed by atoms with Gasteiger partial charge in [-0.05, 0) is 0 Å². The summed E-state index contributed by atoms with van der Waals surface area (Å²) < 4.78 is 64.5. The highest BCUT2D eigenvalue weighted by atomic mass is 19.4.